The van der Waals surface area contributed by atoms with Crippen LogP contribution in [0.2, 0.25) is 5.02 Å². The zero-order chi connectivity index (χ0) is 15.5. The van der Waals surface area contributed by atoms with Crippen LogP contribution in [0, 0.1) is 0 Å². The first kappa shape index (κ1) is 16.1. The highest BCUT2D eigenvalue weighted by Gasteiger charge is 2.23. The van der Waals surface area contributed by atoms with Crippen molar-refractivity contribution < 1.29 is 23.1 Å². The first-order valence-electron chi connectivity index (χ1n) is 6.55. The van der Waals surface area contributed by atoms with E-state index in [9.17, 15) is 13.2 Å². The average molecular weight is 334 g/mol. The molecule has 0 atom stereocenters. The Morgan fingerprint density at radius 2 is 2.05 bits per heavy atom. The smallest absolute Gasteiger partial charge is 0.341 e. The maximum Gasteiger partial charge on any atom is 0.341 e. The third kappa shape index (κ3) is 4.33. The topological polar surface area (TPSA) is 92.7 Å². The largest absolute Gasteiger partial charge is 0.480 e. The van der Waals surface area contributed by atoms with Crippen LogP contribution in [-0.4, -0.2) is 32.1 Å². The fraction of sp³-hybridized carbons (Fsp3) is 0.462. The predicted molar refractivity (Wildman–Crippen MR) is 77.2 cm³/mol. The number of carboxylic acid groups (broad SMARTS) is 1. The van der Waals surface area contributed by atoms with Gasteiger partial charge in [0, 0.05) is 6.04 Å². The van der Waals surface area contributed by atoms with Crippen molar-refractivity contribution >= 4 is 27.6 Å². The lowest BCUT2D eigenvalue weighted by molar-refractivity contribution is -0.139. The monoisotopic (exact) mass is 333 g/mol. The van der Waals surface area contributed by atoms with Crippen LogP contribution in [0.4, 0.5) is 0 Å². The van der Waals surface area contributed by atoms with Crippen LogP contribution in [0.25, 0.3) is 0 Å². The van der Waals surface area contributed by atoms with E-state index in [0.29, 0.717) is 0 Å². The number of aliphatic carboxylic acids is 1. The van der Waals surface area contributed by atoms with Crippen molar-refractivity contribution in [1.82, 2.24) is 4.72 Å². The number of ether oxygens (including phenoxy) is 1. The van der Waals surface area contributed by atoms with E-state index in [4.69, 9.17) is 21.4 Å². The van der Waals surface area contributed by atoms with Gasteiger partial charge in [-0.15, -0.1) is 0 Å². The van der Waals surface area contributed by atoms with Gasteiger partial charge in [-0.05, 0) is 31.0 Å². The molecule has 1 aromatic rings. The second-order valence-corrected chi connectivity index (χ2v) is 7.00. The molecule has 0 aliphatic heterocycles. The molecule has 0 saturated heterocycles. The van der Waals surface area contributed by atoms with E-state index in [0.717, 1.165) is 25.7 Å². The Morgan fingerprint density at radius 1 is 1.38 bits per heavy atom. The van der Waals surface area contributed by atoms with Gasteiger partial charge in [0.1, 0.15) is 5.75 Å². The Balaban J connectivity index is 2.12. The number of hydrogen-bond acceptors (Lipinski definition) is 4. The minimum atomic E-state index is -3.62. The molecule has 0 aromatic heterocycles. The van der Waals surface area contributed by atoms with Gasteiger partial charge in [-0.25, -0.2) is 17.9 Å². The molecule has 6 nitrogen and oxygen atoms in total. The Hall–Kier alpha value is -1.31. The summed E-state index contributed by atoms with van der Waals surface area (Å²) in [5.74, 6) is -0.996. The summed E-state index contributed by atoms with van der Waals surface area (Å²) in [5.41, 5.74) is 0. The lowest BCUT2D eigenvalue weighted by Gasteiger charge is -2.13. The zero-order valence-corrected chi connectivity index (χ0v) is 12.8. The van der Waals surface area contributed by atoms with Gasteiger partial charge in [-0.2, -0.15) is 0 Å². The predicted octanol–water partition coefficient (Wildman–Crippen LogP) is 2.02. The van der Waals surface area contributed by atoms with Gasteiger partial charge < -0.3 is 9.84 Å². The van der Waals surface area contributed by atoms with Gasteiger partial charge in [0.05, 0.1) is 9.92 Å². The molecule has 1 aliphatic rings. The van der Waals surface area contributed by atoms with Gasteiger partial charge in [0.25, 0.3) is 0 Å². The number of hydrogen-bond donors (Lipinski definition) is 2. The normalized spacial score (nSPS) is 16.0. The molecule has 0 bridgehead atoms. The number of rotatable bonds is 6. The molecule has 0 amide bonds. The van der Waals surface area contributed by atoms with Crippen LogP contribution in [0.1, 0.15) is 25.7 Å². The molecule has 2 rings (SSSR count). The molecule has 1 fully saturated rings. The molecule has 0 heterocycles. The molecule has 116 valence electrons. The van der Waals surface area contributed by atoms with Gasteiger partial charge in [-0.1, -0.05) is 24.4 Å². The molecule has 0 radical (unpaired) electrons. The Bertz CT molecular complexity index is 625. The number of benzene rings is 1. The first-order chi connectivity index (χ1) is 9.88. The van der Waals surface area contributed by atoms with Crippen molar-refractivity contribution in [2.45, 2.75) is 36.6 Å². The number of sulfonamides is 1. The number of carboxylic acids is 1. The third-order valence-electron chi connectivity index (χ3n) is 3.24. The van der Waals surface area contributed by atoms with Crippen LogP contribution < -0.4 is 9.46 Å². The first-order valence-corrected chi connectivity index (χ1v) is 8.41. The second kappa shape index (κ2) is 6.64. The van der Waals surface area contributed by atoms with E-state index in [1.165, 1.54) is 18.2 Å². The standard InChI is InChI=1S/C13H16ClNO5S/c14-11-7-10(5-6-12(11)20-8-13(16)17)21(18,19)15-9-3-1-2-4-9/h5-7,9,15H,1-4,8H2,(H,16,17). The molecule has 1 aromatic carbocycles. The quantitative estimate of drug-likeness (QED) is 0.830. The van der Waals surface area contributed by atoms with Gasteiger partial charge >= 0.3 is 5.97 Å². The lowest BCUT2D eigenvalue weighted by atomic mass is 10.3. The number of halogens is 1. The summed E-state index contributed by atoms with van der Waals surface area (Å²) < 4.78 is 32.0. The van der Waals surface area contributed by atoms with Crippen molar-refractivity contribution in [2.24, 2.45) is 0 Å². The minimum absolute atomic E-state index is 0.0308. The Morgan fingerprint density at radius 3 is 2.62 bits per heavy atom. The summed E-state index contributed by atoms with van der Waals surface area (Å²) in [5, 5.41) is 8.60. The molecular weight excluding hydrogens is 318 g/mol. The van der Waals surface area contributed by atoms with Crippen molar-refractivity contribution in [1.29, 1.82) is 0 Å². The SMILES string of the molecule is O=C(O)COc1ccc(S(=O)(=O)NC2CCCC2)cc1Cl. The highest BCUT2D eigenvalue weighted by Crippen LogP contribution is 2.28. The summed E-state index contributed by atoms with van der Waals surface area (Å²) in [4.78, 5) is 10.5. The lowest BCUT2D eigenvalue weighted by Crippen LogP contribution is -2.32. The van der Waals surface area contributed by atoms with Crippen LogP contribution >= 0.6 is 11.6 Å². The average Bonchev–Trinajstić information content (AvgIpc) is 2.89. The van der Waals surface area contributed by atoms with Crippen LogP contribution in [-0.2, 0) is 14.8 Å². The highest BCUT2D eigenvalue weighted by molar-refractivity contribution is 7.89. The minimum Gasteiger partial charge on any atom is -0.480 e. The van der Waals surface area contributed by atoms with E-state index in [-0.39, 0.29) is 21.7 Å². The molecule has 8 heteroatoms. The Kier molecular flexibility index (Phi) is 5.08. The maximum absolute atomic E-state index is 12.2. The molecule has 1 saturated carbocycles. The van der Waals surface area contributed by atoms with Gasteiger partial charge in [-0.3, -0.25) is 0 Å². The van der Waals surface area contributed by atoms with Gasteiger partial charge in [0.2, 0.25) is 10.0 Å². The fourth-order valence-corrected chi connectivity index (χ4v) is 3.87. The van der Waals surface area contributed by atoms with Crippen molar-refractivity contribution in [2.75, 3.05) is 6.61 Å². The molecular formula is C13H16ClNO5S. The van der Waals surface area contributed by atoms with Crippen LogP contribution in [0.15, 0.2) is 23.1 Å². The van der Waals surface area contributed by atoms with E-state index in [1.807, 2.05) is 0 Å². The summed E-state index contributed by atoms with van der Waals surface area (Å²) in [7, 11) is -3.62. The molecule has 1 aliphatic carbocycles. The molecule has 0 spiro atoms. The zero-order valence-electron chi connectivity index (χ0n) is 11.2. The van der Waals surface area contributed by atoms with Crippen molar-refractivity contribution in [3.05, 3.63) is 23.2 Å². The van der Waals surface area contributed by atoms with E-state index >= 15 is 0 Å². The summed E-state index contributed by atoms with van der Waals surface area (Å²) in [6.07, 6.45) is 3.73. The summed E-state index contributed by atoms with van der Waals surface area (Å²) in [6.45, 7) is -0.536. The highest BCUT2D eigenvalue weighted by atomic mass is 35.5. The van der Waals surface area contributed by atoms with Crippen LogP contribution in [0.3, 0.4) is 0 Å². The third-order valence-corrected chi connectivity index (χ3v) is 5.06. The number of carbonyl (C=O) groups is 1. The second-order valence-electron chi connectivity index (χ2n) is 4.88. The van der Waals surface area contributed by atoms with E-state index in [1.54, 1.807) is 0 Å². The Labute approximate surface area is 128 Å². The molecule has 0 unspecified atom stereocenters. The summed E-state index contributed by atoms with van der Waals surface area (Å²) in [6, 6.07) is 3.93. The van der Waals surface area contributed by atoms with Crippen LogP contribution in [0.5, 0.6) is 5.75 Å². The maximum atomic E-state index is 12.2. The molecule has 2 N–H and O–H groups in total. The van der Waals surface area contributed by atoms with Gasteiger partial charge in [0.15, 0.2) is 6.61 Å². The van der Waals surface area contributed by atoms with E-state index in [2.05, 4.69) is 4.72 Å². The molecule has 21 heavy (non-hydrogen) atoms. The van der Waals surface area contributed by atoms with E-state index < -0.39 is 22.6 Å². The van der Waals surface area contributed by atoms with Crippen molar-refractivity contribution in [3.63, 3.8) is 0 Å². The van der Waals surface area contributed by atoms with Crippen molar-refractivity contribution in [3.8, 4) is 5.75 Å². The number of nitrogens with one attached hydrogen (secondary N) is 1. The fourth-order valence-electron chi connectivity index (χ4n) is 2.24. The summed E-state index contributed by atoms with van der Waals surface area (Å²) >= 11 is 5.93.